The number of imide groups is 1. The van der Waals surface area contributed by atoms with Crippen molar-refractivity contribution in [3.8, 4) is 17.2 Å². The van der Waals surface area contributed by atoms with Gasteiger partial charge in [0, 0.05) is 81.8 Å². The molecule has 2 atom stereocenters. The zero-order chi connectivity index (χ0) is 46.9. The van der Waals surface area contributed by atoms with E-state index in [4.69, 9.17) is 5.26 Å². The number of nitriles is 1. The standard InChI is InChI=1S/C51H52F3N9O4/c52-42-30-41(58-43-16-19-46(64)60-48(43)65)15-17-44(42)62-28-26-61(27-29-62)33-36-21-24-63(25-22-36)50(67)51(53,54)40-13-10-37(11-14-40)39-12-18-45(57-32-39)59-49(66)47(38-4-2-1-3-5-38)56-23-20-34-6-8-35(31-55)9-7-34/h1-15,17-18,30,32,36,43,47,56,58H,16,19-29,33H2,(H,57,59,66)(H,60,64,65). The van der Waals surface area contributed by atoms with Gasteiger partial charge in [-0.05, 0) is 90.8 Å². The molecule has 0 saturated carbocycles. The zero-order valence-electron chi connectivity index (χ0n) is 36.9. The summed E-state index contributed by atoms with van der Waals surface area (Å²) >= 11 is 0. The number of piperazine rings is 1. The van der Waals surface area contributed by atoms with Crippen molar-refractivity contribution in [3.63, 3.8) is 0 Å². The molecule has 4 aromatic carbocycles. The van der Waals surface area contributed by atoms with Gasteiger partial charge >= 0.3 is 5.92 Å². The van der Waals surface area contributed by atoms with E-state index < -0.39 is 41.2 Å². The fraction of sp³-hybridized carbons (Fsp3) is 0.333. The summed E-state index contributed by atoms with van der Waals surface area (Å²) in [7, 11) is 0. The van der Waals surface area contributed by atoms with Gasteiger partial charge < -0.3 is 25.8 Å². The number of nitrogens with one attached hydrogen (secondary N) is 4. The molecule has 3 aliphatic heterocycles. The minimum atomic E-state index is -3.71. The topological polar surface area (TPSA) is 163 Å². The number of pyridine rings is 1. The minimum absolute atomic E-state index is 0.225. The van der Waals surface area contributed by atoms with Crippen molar-refractivity contribution in [1.29, 1.82) is 5.26 Å². The summed E-state index contributed by atoms with van der Waals surface area (Å²) in [5, 5.41) is 20.6. The van der Waals surface area contributed by atoms with Gasteiger partial charge in [-0.2, -0.15) is 14.0 Å². The maximum Gasteiger partial charge on any atom is 0.349 e. The molecular formula is C51H52F3N9O4. The Morgan fingerprint density at radius 3 is 2.22 bits per heavy atom. The number of nitrogens with zero attached hydrogens (tertiary/aromatic N) is 5. The first kappa shape index (κ1) is 46.4. The van der Waals surface area contributed by atoms with Gasteiger partial charge in [0.15, 0.2) is 0 Å². The van der Waals surface area contributed by atoms with Gasteiger partial charge in [0.05, 0.1) is 17.3 Å². The minimum Gasteiger partial charge on any atom is -0.374 e. The lowest BCUT2D eigenvalue weighted by molar-refractivity contribution is -0.160. The molecule has 0 radical (unpaired) electrons. The molecule has 0 bridgehead atoms. The van der Waals surface area contributed by atoms with E-state index in [9.17, 15) is 19.2 Å². The largest absolute Gasteiger partial charge is 0.374 e. The normalized spacial score (nSPS) is 17.6. The predicted molar refractivity (Wildman–Crippen MR) is 248 cm³/mol. The Morgan fingerprint density at radius 1 is 0.851 bits per heavy atom. The molecule has 1 aromatic heterocycles. The lowest BCUT2D eigenvalue weighted by Gasteiger charge is -2.40. The van der Waals surface area contributed by atoms with Crippen molar-refractivity contribution in [2.75, 3.05) is 67.9 Å². The fourth-order valence-electron chi connectivity index (χ4n) is 8.89. The van der Waals surface area contributed by atoms with Gasteiger partial charge in [0.1, 0.15) is 23.7 Å². The third-order valence-electron chi connectivity index (χ3n) is 12.8. The Morgan fingerprint density at radius 2 is 1.57 bits per heavy atom. The monoisotopic (exact) mass is 911 g/mol. The highest BCUT2D eigenvalue weighted by molar-refractivity contribution is 6.01. The number of amides is 4. The van der Waals surface area contributed by atoms with E-state index in [1.807, 2.05) is 47.4 Å². The van der Waals surface area contributed by atoms with Crippen LogP contribution in [0, 0.1) is 23.1 Å². The zero-order valence-corrected chi connectivity index (χ0v) is 36.9. The third-order valence-corrected chi connectivity index (χ3v) is 12.8. The summed E-state index contributed by atoms with van der Waals surface area (Å²) in [6, 6.07) is 31.3. The molecule has 13 nitrogen and oxygen atoms in total. The van der Waals surface area contributed by atoms with Crippen molar-refractivity contribution < 1.29 is 32.3 Å². The number of alkyl halides is 2. The van der Waals surface area contributed by atoms with Crippen molar-refractivity contribution in [2.24, 2.45) is 5.92 Å². The molecule has 3 aliphatic rings. The van der Waals surface area contributed by atoms with Gasteiger partial charge in [-0.3, -0.25) is 29.4 Å². The number of aromatic nitrogens is 1. The quantitative estimate of drug-likeness (QED) is 0.0839. The summed E-state index contributed by atoms with van der Waals surface area (Å²) in [6.07, 6.45) is 3.97. The summed E-state index contributed by atoms with van der Waals surface area (Å²) < 4.78 is 46.7. The second-order valence-electron chi connectivity index (χ2n) is 17.3. The Hall–Kier alpha value is -7.09. The first-order valence-electron chi connectivity index (χ1n) is 22.6. The van der Waals surface area contributed by atoms with Crippen LogP contribution < -0.4 is 26.2 Å². The lowest BCUT2D eigenvalue weighted by atomic mass is 9.94. The molecule has 346 valence electrons. The smallest absolute Gasteiger partial charge is 0.349 e. The SMILES string of the molecule is N#Cc1ccc(CCNC(C(=O)Nc2ccc(-c3ccc(C(F)(F)C(=O)N4CCC(CN5CCN(c6ccc(NC7CCC(=O)NC7=O)cc6F)CC5)CC4)cc3)cn2)c2ccccc2)cc1. The van der Waals surface area contributed by atoms with E-state index in [0.29, 0.717) is 92.3 Å². The molecule has 3 saturated heterocycles. The number of likely N-dealkylation sites (tertiary alicyclic amines) is 1. The third kappa shape index (κ3) is 11.5. The number of piperidine rings is 2. The average molecular weight is 912 g/mol. The first-order chi connectivity index (χ1) is 32.4. The van der Waals surface area contributed by atoms with E-state index in [2.05, 4.69) is 37.2 Å². The van der Waals surface area contributed by atoms with Gasteiger partial charge in [-0.1, -0.05) is 66.7 Å². The maximum absolute atomic E-state index is 15.7. The molecule has 16 heteroatoms. The molecule has 2 unspecified atom stereocenters. The van der Waals surface area contributed by atoms with E-state index in [-0.39, 0.29) is 37.2 Å². The summed E-state index contributed by atoms with van der Waals surface area (Å²) in [5.74, 6) is -5.81. The van der Waals surface area contributed by atoms with Gasteiger partial charge in [-0.15, -0.1) is 0 Å². The fourth-order valence-corrected chi connectivity index (χ4v) is 8.89. The Bertz CT molecular complexity index is 2580. The molecule has 4 amide bonds. The molecule has 8 rings (SSSR count). The van der Waals surface area contributed by atoms with E-state index in [0.717, 1.165) is 17.7 Å². The van der Waals surface area contributed by atoms with Crippen LogP contribution in [0.3, 0.4) is 0 Å². The molecule has 0 spiro atoms. The summed E-state index contributed by atoms with van der Waals surface area (Å²) in [5.41, 5.74) is 4.20. The van der Waals surface area contributed by atoms with E-state index in [1.54, 1.807) is 42.6 Å². The highest BCUT2D eigenvalue weighted by atomic mass is 19.3. The maximum atomic E-state index is 15.7. The summed E-state index contributed by atoms with van der Waals surface area (Å²) in [6.45, 7) is 4.36. The number of carbonyl (C=O) groups is 4. The molecule has 4 heterocycles. The van der Waals surface area contributed by atoms with Crippen molar-refractivity contribution in [3.05, 3.63) is 143 Å². The molecule has 3 fully saturated rings. The van der Waals surface area contributed by atoms with Crippen LogP contribution >= 0.6 is 0 Å². The second kappa shape index (κ2) is 21.0. The number of hydrogen-bond donors (Lipinski definition) is 4. The van der Waals surface area contributed by atoms with Crippen LogP contribution in [0.4, 0.5) is 30.4 Å². The van der Waals surface area contributed by atoms with Crippen LogP contribution in [0.5, 0.6) is 0 Å². The van der Waals surface area contributed by atoms with Crippen LogP contribution in [0.2, 0.25) is 0 Å². The lowest BCUT2D eigenvalue weighted by Crippen LogP contribution is -2.50. The molecule has 5 aromatic rings. The van der Waals surface area contributed by atoms with Crippen molar-refractivity contribution >= 4 is 40.8 Å². The number of anilines is 3. The number of carbonyl (C=O) groups excluding carboxylic acids is 4. The molecule has 4 N–H and O–H groups in total. The van der Waals surface area contributed by atoms with Crippen molar-refractivity contribution in [1.82, 2.24) is 25.4 Å². The summed E-state index contributed by atoms with van der Waals surface area (Å²) in [4.78, 5) is 60.3. The second-order valence-corrected chi connectivity index (χ2v) is 17.3. The molecule has 0 aliphatic carbocycles. The molecular weight excluding hydrogens is 860 g/mol. The highest BCUT2D eigenvalue weighted by Crippen LogP contribution is 2.34. The van der Waals surface area contributed by atoms with E-state index in [1.165, 1.54) is 35.2 Å². The van der Waals surface area contributed by atoms with Crippen LogP contribution in [0.15, 0.2) is 115 Å². The number of rotatable bonds is 15. The molecule has 67 heavy (non-hydrogen) atoms. The Kier molecular flexibility index (Phi) is 14.6. The van der Waals surface area contributed by atoms with Gasteiger partial charge in [-0.25, -0.2) is 9.37 Å². The van der Waals surface area contributed by atoms with Crippen LogP contribution in [-0.2, 0) is 31.5 Å². The Labute approximate surface area is 387 Å². The first-order valence-corrected chi connectivity index (χ1v) is 22.6. The van der Waals surface area contributed by atoms with Gasteiger partial charge in [0.2, 0.25) is 17.7 Å². The van der Waals surface area contributed by atoms with Crippen molar-refractivity contribution in [2.45, 2.75) is 50.1 Å². The van der Waals surface area contributed by atoms with E-state index >= 15 is 13.2 Å². The number of hydrogen-bond acceptors (Lipinski definition) is 10. The predicted octanol–water partition coefficient (Wildman–Crippen LogP) is 6.64. The average Bonchev–Trinajstić information content (AvgIpc) is 3.35. The highest BCUT2D eigenvalue weighted by Gasteiger charge is 2.45. The number of benzene rings is 4. The van der Waals surface area contributed by atoms with Gasteiger partial charge in [0.25, 0.3) is 5.91 Å². The van der Waals surface area contributed by atoms with Crippen LogP contribution in [-0.4, -0.2) is 96.8 Å². The number of halogens is 3. The Balaban J connectivity index is 0.784. The van der Waals surface area contributed by atoms with Crippen LogP contribution in [0.25, 0.3) is 11.1 Å². The van der Waals surface area contributed by atoms with Crippen LogP contribution in [0.1, 0.15) is 54.0 Å².